The standard InChI is InChI=1S/C16H24N2/c17-9-8-15-7-3-4-10-18(15)16-11-13-5-1-2-6-14(13)12-16/h1-2,5-6,15-16H,3-4,7-12,17H2. The molecule has 0 amide bonds. The van der Waals surface area contributed by atoms with Gasteiger partial charge in [-0.15, -0.1) is 0 Å². The summed E-state index contributed by atoms with van der Waals surface area (Å²) in [6.45, 7) is 2.12. The van der Waals surface area contributed by atoms with Crippen LogP contribution in [-0.4, -0.2) is 30.1 Å². The van der Waals surface area contributed by atoms with E-state index >= 15 is 0 Å². The van der Waals surface area contributed by atoms with E-state index in [2.05, 4.69) is 29.2 Å². The van der Waals surface area contributed by atoms with Crippen LogP contribution in [0.3, 0.4) is 0 Å². The summed E-state index contributed by atoms with van der Waals surface area (Å²) in [6, 6.07) is 10.4. The number of rotatable bonds is 3. The molecule has 1 aromatic rings. The Bertz CT molecular complexity index is 375. The quantitative estimate of drug-likeness (QED) is 0.884. The molecule has 1 aromatic carbocycles. The van der Waals surface area contributed by atoms with Gasteiger partial charge in [0.2, 0.25) is 0 Å². The third-order valence-corrected chi connectivity index (χ3v) is 4.67. The minimum absolute atomic E-state index is 0.735. The number of piperidine rings is 1. The zero-order valence-corrected chi connectivity index (χ0v) is 11.1. The molecule has 1 saturated heterocycles. The highest BCUT2D eigenvalue weighted by molar-refractivity contribution is 5.33. The molecule has 1 fully saturated rings. The Balaban J connectivity index is 1.72. The molecule has 1 aliphatic carbocycles. The summed E-state index contributed by atoms with van der Waals surface area (Å²) in [5.41, 5.74) is 8.92. The van der Waals surface area contributed by atoms with Crippen LogP contribution in [0.2, 0.25) is 0 Å². The van der Waals surface area contributed by atoms with Crippen LogP contribution in [0.1, 0.15) is 36.8 Å². The largest absolute Gasteiger partial charge is 0.330 e. The molecule has 1 atom stereocenters. The lowest BCUT2D eigenvalue weighted by molar-refractivity contribution is 0.0943. The Kier molecular flexibility index (Phi) is 3.67. The fraction of sp³-hybridized carbons (Fsp3) is 0.625. The van der Waals surface area contributed by atoms with Gasteiger partial charge in [0.15, 0.2) is 0 Å². The summed E-state index contributed by atoms with van der Waals surface area (Å²) >= 11 is 0. The topological polar surface area (TPSA) is 29.3 Å². The van der Waals surface area contributed by atoms with Gasteiger partial charge in [0, 0.05) is 12.1 Å². The molecule has 0 radical (unpaired) electrons. The molecule has 0 aromatic heterocycles. The van der Waals surface area contributed by atoms with Crippen LogP contribution in [-0.2, 0) is 12.8 Å². The van der Waals surface area contributed by atoms with E-state index in [0.717, 1.165) is 18.6 Å². The van der Waals surface area contributed by atoms with Crippen LogP contribution < -0.4 is 5.73 Å². The van der Waals surface area contributed by atoms with Crippen LogP contribution in [0.5, 0.6) is 0 Å². The summed E-state index contributed by atoms with van der Waals surface area (Å²) in [7, 11) is 0. The van der Waals surface area contributed by atoms with E-state index in [-0.39, 0.29) is 0 Å². The SMILES string of the molecule is NCCC1CCCCN1C1Cc2ccccc2C1. The van der Waals surface area contributed by atoms with E-state index in [9.17, 15) is 0 Å². The highest BCUT2D eigenvalue weighted by Crippen LogP contribution is 2.30. The van der Waals surface area contributed by atoms with E-state index in [1.165, 1.54) is 45.1 Å². The maximum Gasteiger partial charge on any atom is 0.0179 e. The normalized spacial score (nSPS) is 25.3. The molecule has 2 aliphatic rings. The molecule has 1 heterocycles. The minimum Gasteiger partial charge on any atom is -0.330 e. The molecule has 1 aliphatic heterocycles. The van der Waals surface area contributed by atoms with Gasteiger partial charge in [-0.3, -0.25) is 4.90 Å². The molecule has 2 heteroatoms. The zero-order valence-electron chi connectivity index (χ0n) is 11.1. The molecule has 2 N–H and O–H groups in total. The number of nitrogens with zero attached hydrogens (tertiary/aromatic N) is 1. The second kappa shape index (κ2) is 5.41. The molecule has 18 heavy (non-hydrogen) atoms. The van der Waals surface area contributed by atoms with Gasteiger partial charge in [-0.1, -0.05) is 30.7 Å². The van der Waals surface area contributed by atoms with Crippen LogP contribution >= 0.6 is 0 Å². The summed E-state index contributed by atoms with van der Waals surface area (Å²) in [4.78, 5) is 2.76. The number of likely N-dealkylation sites (tertiary alicyclic amines) is 1. The lowest BCUT2D eigenvalue weighted by Gasteiger charge is -2.40. The maximum atomic E-state index is 5.78. The number of hydrogen-bond donors (Lipinski definition) is 1. The van der Waals surface area contributed by atoms with E-state index in [0.29, 0.717) is 0 Å². The third kappa shape index (κ3) is 2.32. The van der Waals surface area contributed by atoms with Crippen molar-refractivity contribution in [2.45, 2.75) is 50.6 Å². The Morgan fingerprint density at radius 3 is 2.50 bits per heavy atom. The first-order chi connectivity index (χ1) is 8.88. The van der Waals surface area contributed by atoms with E-state index in [4.69, 9.17) is 5.73 Å². The van der Waals surface area contributed by atoms with Crippen molar-refractivity contribution in [1.82, 2.24) is 4.90 Å². The molecule has 98 valence electrons. The molecule has 0 spiro atoms. The first-order valence-corrected chi connectivity index (χ1v) is 7.41. The van der Waals surface area contributed by atoms with Crippen LogP contribution in [0.25, 0.3) is 0 Å². The highest BCUT2D eigenvalue weighted by atomic mass is 15.2. The van der Waals surface area contributed by atoms with Crippen LogP contribution in [0, 0.1) is 0 Å². The number of hydrogen-bond acceptors (Lipinski definition) is 2. The monoisotopic (exact) mass is 244 g/mol. The van der Waals surface area contributed by atoms with Crippen molar-refractivity contribution in [3.63, 3.8) is 0 Å². The smallest absolute Gasteiger partial charge is 0.0179 e. The molecule has 0 bridgehead atoms. The predicted octanol–water partition coefficient (Wildman–Crippen LogP) is 2.36. The fourth-order valence-electron chi connectivity index (χ4n) is 3.78. The van der Waals surface area contributed by atoms with Gasteiger partial charge < -0.3 is 5.73 Å². The third-order valence-electron chi connectivity index (χ3n) is 4.67. The van der Waals surface area contributed by atoms with E-state index < -0.39 is 0 Å². The van der Waals surface area contributed by atoms with Gasteiger partial charge in [0.1, 0.15) is 0 Å². The molecular formula is C16H24N2. The maximum absolute atomic E-state index is 5.78. The lowest BCUT2D eigenvalue weighted by atomic mass is 9.96. The van der Waals surface area contributed by atoms with Gasteiger partial charge >= 0.3 is 0 Å². The predicted molar refractivity (Wildman–Crippen MR) is 75.7 cm³/mol. The van der Waals surface area contributed by atoms with Crippen molar-refractivity contribution in [3.05, 3.63) is 35.4 Å². The second-order valence-corrected chi connectivity index (χ2v) is 5.80. The summed E-state index contributed by atoms with van der Waals surface area (Å²) in [6.07, 6.45) is 7.78. The summed E-state index contributed by atoms with van der Waals surface area (Å²) in [5, 5.41) is 0. The van der Waals surface area contributed by atoms with Crippen molar-refractivity contribution < 1.29 is 0 Å². The lowest BCUT2D eigenvalue weighted by Crippen LogP contribution is -2.47. The highest BCUT2D eigenvalue weighted by Gasteiger charge is 2.32. The van der Waals surface area contributed by atoms with E-state index in [1.54, 1.807) is 11.1 Å². The Morgan fingerprint density at radius 1 is 1.11 bits per heavy atom. The number of nitrogens with two attached hydrogens (primary N) is 1. The summed E-state index contributed by atoms with van der Waals surface area (Å²) in [5.74, 6) is 0. The van der Waals surface area contributed by atoms with Gasteiger partial charge in [-0.2, -0.15) is 0 Å². The van der Waals surface area contributed by atoms with Crippen molar-refractivity contribution in [2.24, 2.45) is 5.73 Å². The van der Waals surface area contributed by atoms with Crippen LogP contribution in [0.4, 0.5) is 0 Å². The Hall–Kier alpha value is -0.860. The molecule has 2 nitrogen and oxygen atoms in total. The van der Waals surface area contributed by atoms with Crippen molar-refractivity contribution in [3.8, 4) is 0 Å². The van der Waals surface area contributed by atoms with Crippen molar-refractivity contribution in [2.75, 3.05) is 13.1 Å². The Labute approximate surface area is 110 Å². The van der Waals surface area contributed by atoms with Gasteiger partial charge in [0.05, 0.1) is 0 Å². The van der Waals surface area contributed by atoms with Crippen molar-refractivity contribution >= 4 is 0 Å². The van der Waals surface area contributed by atoms with Gasteiger partial charge in [0.25, 0.3) is 0 Å². The fourth-order valence-corrected chi connectivity index (χ4v) is 3.78. The molecular weight excluding hydrogens is 220 g/mol. The van der Waals surface area contributed by atoms with Crippen molar-refractivity contribution in [1.29, 1.82) is 0 Å². The number of benzene rings is 1. The number of fused-ring (bicyclic) bond motifs is 1. The Morgan fingerprint density at radius 2 is 1.83 bits per heavy atom. The summed E-state index contributed by atoms with van der Waals surface area (Å²) < 4.78 is 0. The van der Waals surface area contributed by atoms with E-state index in [1.807, 2.05) is 0 Å². The molecule has 3 rings (SSSR count). The first kappa shape index (κ1) is 12.2. The molecule has 1 unspecified atom stereocenters. The average Bonchev–Trinajstić information content (AvgIpc) is 2.83. The van der Waals surface area contributed by atoms with Gasteiger partial charge in [-0.25, -0.2) is 0 Å². The zero-order chi connectivity index (χ0) is 12.4. The van der Waals surface area contributed by atoms with Crippen LogP contribution in [0.15, 0.2) is 24.3 Å². The second-order valence-electron chi connectivity index (χ2n) is 5.80. The molecule has 0 saturated carbocycles. The first-order valence-electron chi connectivity index (χ1n) is 7.41. The van der Waals surface area contributed by atoms with Gasteiger partial charge in [-0.05, 0) is 56.3 Å². The average molecular weight is 244 g/mol. The minimum atomic E-state index is 0.735.